The van der Waals surface area contributed by atoms with Crippen LogP contribution in [0.2, 0.25) is 0 Å². The van der Waals surface area contributed by atoms with E-state index in [1.807, 2.05) is 13.0 Å². The van der Waals surface area contributed by atoms with Gasteiger partial charge in [-0.05, 0) is 13.0 Å². The van der Waals surface area contributed by atoms with Crippen LogP contribution < -0.4 is 0 Å². The van der Waals surface area contributed by atoms with E-state index in [1.54, 1.807) is 0 Å². The first-order valence-corrected chi connectivity index (χ1v) is 1.94. The van der Waals surface area contributed by atoms with Gasteiger partial charge in [0.05, 0.1) is 6.54 Å². The van der Waals surface area contributed by atoms with Crippen LogP contribution in [0.15, 0.2) is 11.8 Å². The number of allylic oxidation sites excluding steroid dienone is 1. The molecule has 0 radical (unpaired) electrons. The molecule has 0 spiro atoms. The maximum atomic E-state index is 8.48. The van der Waals surface area contributed by atoms with Crippen molar-refractivity contribution in [1.82, 2.24) is 5.06 Å². The highest BCUT2D eigenvalue weighted by Crippen LogP contribution is 2.07. The van der Waals surface area contributed by atoms with Crippen molar-refractivity contribution in [3.8, 4) is 0 Å². The molecule has 1 aliphatic rings. The molecule has 1 heterocycles. The van der Waals surface area contributed by atoms with Gasteiger partial charge in [0.15, 0.2) is 0 Å². The average molecular weight is 85.1 g/mol. The fourth-order valence-corrected chi connectivity index (χ4v) is 0.356. The lowest BCUT2D eigenvalue weighted by molar-refractivity contribution is -0.0635. The van der Waals surface area contributed by atoms with Crippen molar-refractivity contribution >= 4 is 0 Å². The predicted molar refractivity (Wildman–Crippen MR) is 22.2 cm³/mol. The van der Waals surface area contributed by atoms with Crippen LogP contribution in [-0.4, -0.2) is 16.8 Å². The lowest BCUT2D eigenvalue weighted by Gasteiger charge is -2.23. The summed E-state index contributed by atoms with van der Waals surface area (Å²) in [4.78, 5) is 0. The summed E-state index contributed by atoms with van der Waals surface area (Å²) in [7, 11) is 0. The van der Waals surface area contributed by atoms with E-state index in [9.17, 15) is 0 Å². The van der Waals surface area contributed by atoms with Gasteiger partial charge >= 0.3 is 0 Å². The molecule has 0 aromatic carbocycles. The summed E-state index contributed by atoms with van der Waals surface area (Å²) in [5.41, 5.74) is 0.954. The summed E-state index contributed by atoms with van der Waals surface area (Å²) in [5.74, 6) is 0. The molecular weight excluding hydrogens is 78.0 g/mol. The Labute approximate surface area is 36.6 Å². The number of nitrogens with zero attached hydrogens (tertiary/aromatic N) is 1. The van der Waals surface area contributed by atoms with Crippen LogP contribution in [-0.2, 0) is 0 Å². The first kappa shape index (κ1) is 3.68. The van der Waals surface area contributed by atoms with Gasteiger partial charge in [0.25, 0.3) is 0 Å². The minimum atomic E-state index is 0.700. The van der Waals surface area contributed by atoms with Crippen molar-refractivity contribution < 1.29 is 5.21 Å². The Bertz CT molecular complexity index is 87.5. The summed E-state index contributed by atoms with van der Waals surface area (Å²) in [5, 5.41) is 9.69. The molecule has 1 aliphatic heterocycles. The first-order valence-electron chi connectivity index (χ1n) is 1.94. The smallest absolute Gasteiger partial charge is 0.0650 e. The van der Waals surface area contributed by atoms with Crippen molar-refractivity contribution in [2.75, 3.05) is 6.54 Å². The molecule has 0 atom stereocenters. The minimum Gasteiger partial charge on any atom is -0.288 e. The van der Waals surface area contributed by atoms with Gasteiger partial charge in [-0.2, -0.15) is 0 Å². The molecule has 0 aromatic heterocycles. The maximum absolute atomic E-state index is 8.48. The summed E-state index contributed by atoms with van der Waals surface area (Å²) in [6, 6.07) is 0. The Morgan fingerprint density at radius 3 is 2.50 bits per heavy atom. The molecule has 0 aromatic rings. The minimum absolute atomic E-state index is 0.700. The Morgan fingerprint density at radius 2 is 2.50 bits per heavy atom. The van der Waals surface area contributed by atoms with E-state index in [-0.39, 0.29) is 0 Å². The number of hydrogen-bond donors (Lipinski definition) is 1. The van der Waals surface area contributed by atoms with Gasteiger partial charge in [0, 0.05) is 5.70 Å². The van der Waals surface area contributed by atoms with Gasteiger partial charge in [-0.1, -0.05) is 0 Å². The van der Waals surface area contributed by atoms with Crippen LogP contribution in [0, 0.1) is 0 Å². The van der Waals surface area contributed by atoms with Crippen LogP contribution in [0.1, 0.15) is 6.92 Å². The third-order valence-electron chi connectivity index (χ3n) is 0.967. The second-order valence-electron chi connectivity index (χ2n) is 1.43. The molecular formula is C4H7NO. The lowest BCUT2D eigenvalue weighted by atomic mass is 10.3. The largest absolute Gasteiger partial charge is 0.288 e. The zero-order valence-corrected chi connectivity index (χ0v) is 3.68. The number of hydrogen-bond acceptors (Lipinski definition) is 2. The van der Waals surface area contributed by atoms with E-state index in [4.69, 9.17) is 5.21 Å². The van der Waals surface area contributed by atoms with E-state index < -0.39 is 0 Å². The van der Waals surface area contributed by atoms with Crippen LogP contribution >= 0.6 is 0 Å². The lowest BCUT2D eigenvalue weighted by Crippen LogP contribution is -2.25. The van der Waals surface area contributed by atoms with E-state index in [1.165, 1.54) is 5.06 Å². The average Bonchev–Trinajstić information content (AvgIpc) is 1.61. The highest BCUT2D eigenvalue weighted by Gasteiger charge is 2.06. The standard InChI is InChI=1S/C4H7NO/c1-4-2-3-5(4)6/h2,6H,3H2,1H3. The fraction of sp³-hybridized carbons (Fsp3) is 0.500. The Kier molecular flexibility index (Phi) is 0.601. The van der Waals surface area contributed by atoms with E-state index in [0.29, 0.717) is 6.54 Å². The highest BCUT2D eigenvalue weighted by atomic mass is 16.5. The van der Waals surface area contributed by atoms with Crippen molar-refractivity contribution in [2.24, 2.45) is 0 Å². The van der Waals surface area contributed by atoms with Gasteiger partial charge < -0.3 is 0 Å². The number of rotatable bonds is 0. The summed E-state index contributed by atoms with van der Waals surface area (Å²) in [6.07, 6.45) is 1.96. The molecule has 2 heteroatoms. The van der Waals surface area contributed by atoms with E-state index in [2.05, 4.69) is 0 Å². The van der Waals surface area contributed by atoms with Crippen molar-refractivity contribution in [2.45, 2.75) is 6.92 Å². The molecule has 2 nitrogen and oxygen atoms in total. The fourth-order valence-electron chi connectivity index (χ4n) is 0.356. The first-order chi connectivity index (χ1) is 2.80. The third kappa shape index (κ3) is 0.303. The molecule has 0 fully saturated rings. The van der Waals surface area contributed by atoms with Crippen LogP contribution in [0.25, 0.3) is 0 Å². The Hall–Kier alpha value is -0.500. The monoisotopic (exact) mass is 85.1 g/mol. The normalized spacial score (nSPS) is 19.7. The molecule has 0 aliphatic carbocycles. The molecule has 0 saturated heterocycles. The SMILES string of the molecule is CC1=CCN1O. The van der Waals surface area contributed by atoms with Crippen LogP contribution in [0.3, 0.4) is 0 Å². The second-order valence-corrected chi connectivity index (χ2v) is 1.43. The molecule has 0 unspecified atom stereocenters. The Morgan fingerprint density at radius 1 is 2.00 bits per heavy atom. The van der Waals surface area contributed by atoms with Gasteiger partial charge in [-0.3, -0.25) is 10.3 Å². The van der Waals surface area contributed by atoms with Crippen molar-refractivity contribution in [3.63, 3.8) is 0 Å². The van der Waals surface area contributed by atoms with E-state index in [0.717, 1.165) is 5.70 Å². The second kappa shape index (κ2) is 0.980. The third-order valence-corrected chi connectivity index (χ3v) is 0.967. The summed E-state index contributed by atoms with van der Waals surface area (Å²) < 4.78 is 0. The Balaban J connectivity index is 2.51. The van der Waals surface area contributed by atoms with Crippen LogP contribution in [0.5, 0.6) is 0 Å². The topological polar surface area (TPSA) is 23.5 Å². The maximum Gasteiger partial charge on any atom is 0.0650 e. The van der Waals surface area contributed by atoms with Crippen molar-refractivity contribution in [1.29, 1.82) is 0 Å². The molecule has 0 bridgehead atoms. The van der Waals surface area contributed by atoms with Crippen molar-refractivity contribution in [3.05, 3.63) is 11.8 Å². The molecule has 1 rings (SSSR count). The van der Waals surface area contributed by atoms with E-state index >= 15 is 0 Å². The van der Waals surface area contributed by atoms with Crippen LogP contribution in [0.4, 0.5) is 0 Å². The number of hydroxylamine groups is 2. The highest BCUT2D eigenvalue weighted by molar-refractivity contribution is 5.05. The zero-order chi connectivity index (χ0) is 4.57. The molecule has 0 amide bonds. The summed E-state index contributed by atoms with van der Waals surface area (Å²) >= 11 is 0. The van der Waals surface area contributed by atoms with Gasteiger partial charge in [-0.15, -0.1) is 0 Å². The molecule has 0 saturated carbocycles. The van der Waals surface area contributed by atoms with Gasteiger partial charge in [0.1, 0.15) is 0 Å². The molecule has 6 heavy (non-hydrogen) atoms. The summed E-state index contributed by atoms with van der Waals surface area (Å²) in [6.45, 7) is 2.56. The zero-order valence-electron chi connectivity index (χ0n) is 3.68. The van der Waals surface area contributed by atoms with Gasteiger partial charge in [0.2, 0.25) is 0 Å². The molecule has 1 N–H and O–H groups in total. The predicted octanol–water partition coefficient (Wildman–Crippen LogP) is 0.595. The quantitative estimate of drug-likeness (QED) is 0.465. The molecule has 34 valence electrons. The van der Waals surface area contributed by atoms with Gasteiger partial charge in [-0.25, -0.2) is 0 Å².